The first-order valence-corrected chi connectivity index (χ1v) is 8.85. The first-order chi connectivity index (χ1) is 11.8. The van der Waals surface area contributed by atoms with Crippen molar-refractivity contribution < 1.29 is 19.1 Å². The van der Waals surface area contributed by atoms with E-state index < -0.39 is 0 Å². The number of Topliss-reactive ketones (excluding diaryl/α,β-unsaturated/α-hetero) is 1. The molecule has 1 N–H and O–H groups in total. The highest BCUT2D eigenvalue weighted by molar-refractivity contribution is 9.10. The van der Waals surface area contributed by atoms with E-state index in [4.69, 9.17) is 9.47 Å². The van der Waals surface area contributed by atoms with Gasteiger partial charge in [0.1, 0.15) is 0 Å². The predicted octanol–water partition coefficient (Wildman–Crippen LogP) is 4.09. The number of carbonyl (C=O) groups excluding carboxylic acids is 2. The van der Waals surface area contributed by atoms with Crippen molar-refractivity contribution in [3.63, 3.8) is 0 Å². The minimum Gasteiger partial charge on any atom is -0.493 e. The third-order valence-electron chi connectivity index (χ3n) is 3.23. The fourth-order valence-electron chi connectivity index (χ4n) is 2.13. The normalized spacial score (nSPS) is 10.8. The molecule has 132 valence electrons. The number of anilines is 1. The summed E-state index contributed by atoms with van der Waals surface area (Å²) in [6, 6.07) is 3.57. The Bertz CT molecular complexity index is 845. The van der Waals surface area contributed by atoms with Gasteiger partial charge in [0, 0.05) is 13.0 Å². The lowest BCUT2D eigenvalue weighted by Gasteiger charge is -2.10. The van der Waals surface area contributed by atoms with Crippen molar-refractivity contribution >= 4 is 50.2 Å². The Balaban J connectivity index is 2.14. The van der Waals surface area contributed by atoms with Gasteiger partial charge in [-0.25, -0.2) is 4.98 Å². The first kappa shape index (κ1) is 19.1. The fourth-order valence-corrected chi connectivity index (χ4v) is 3.62. The number of benzene rings is 1. The third kappa shape index (κ3) is 4.67. The van der Waals surface area contributed by atoms with Crippen LogP contribution in [0.3, 0.4) is 0 Å². The Labute approximate surface area is 158 Å². The van der Waals surface area contributed by atoms with Crippen LogP contribution in [0, 0.1) is 6.92 Å². The van der Waals surface area contributed by atoms with Crippen LogP contribution >= 0.6 is 27.3 Å². The average Bonchev–Trinajstić information content (AvgIpc) is 2.92. The van der Waals surface area contributed by atoms with E-state index in [1.54, 1.807) is 33.3 Å². The Morgan fingerprint density at radius 2 is 2.00 bits per heavy atom. The summed E-state index contributed by atoms with van der Waals surface area (Å²) in [4.78, 5) is 28.2. The van der Waals surface area contributed by atoms with Gasteiger partial charge in [0.15, 0.2) is 22.4 Å². The molecule has 0 aliphatic rings. The molecule has 0 radical (unpaired) electrons. The quantitative estimate of drug-likeness (QED) is 0.558. The summed E-state index contributed by atoms with van der Waals surface area (Å²) in [6.07, 6.45) is 3.03. The lowest BCUT2D eigenvalue weighted by Crippen LogP contribution is -2.07. The average molecular weight is 425 g/mol. The number of aryl methyl sites for hydroxylation is 1. The number of rotatable bonds is 6. The number of ketones is 1. The van der Waals surface area contributed by atoms with Crippen LogP contribution in [0.15, 0.2) is 22.7 Å². The van der Waals surface area contributed by atoms with Crippen molar-refractivity contribution in [1.82, 2.24) is 4.98 Å². The van der Waals surface area contributed by atoms with Crippen LogP contribution in [0.5, 0.6) is 11.5 Å². The molecule has 1 amide bonds. The smallest absolute Gasteiger partial charge is 0.250 e. The van der Waals surface area contributed by atoms with Gasteiger partial charge < -0.3 is 9.47 Å². The standard InChI is InChI=1S/C17H17BrN2O4S/c1-9-16(10(2)21)25-17(19-9)20-14(22)6-5-11-7-12(18)15(24-4)13(8-11)23-3/h5-8H,1-4H3,(H,19,20,22)/b6-5+. The van der Waals surface area contributed by atoms with Gasteiger partial charge in [-0.05, 0) is 46.6 Å². The number of amides is 1. The number of hydrogen-bond donors (Lipinski definition) is 1. The second kappa shape index (κ2) is 8.26. The van der Waals surface area contributed by atoms with Crippen LogP contribution in [-0.2, 0) is 4.79 Å². The molecule has 1 aromatic carbocycles. The number of aromatic nitrogens is 1. The summed E-state index contributed by atoms with van der Waals surface area (Å²) in [7, 11) is 3.10. The van der Waals surface area contributed by atoms with Crippen LogP contribution in [0.25, 0.3) is 6.08 Å². The van der Waals surface area contributed by atoms with Gasteiger partial charge in [-0.3, -0.25) is 14.9 Å². The van der Waals surface area contributed by atoms with Crippen molar-refractivity contribution in [1.29, 1.82) is 0 Å². The Morgan fingerprint density at radius 3 is 2.56 bits per heavy atom. The molecule has 0 saturated heterocycles. The molecule has 25 heavy (non-hydrogen) atoms. The molecule has 6 nitrogen and oxygen atoms in total. The SMILES string of the molecule is COc1cc(/C=C/C(=O)Nc2nc(C)c(C(C)=O)s2)cc(Br)c1OC. The summed E-state index contributed by atoms with van der Waals surface area (Å²) in [5.41, 5.74) is 1.38. The molecular formula is C17H17BrN2O4S. The molecule has 0 spiro atoms. The fraction of sp³-hybridized carbons (Fsp3) is 0.235. The number of thiazole rings is 1. The van der Waals surface area contributed by atoms with Crippen molar-refractivity contribution in [2.75, 3.05) is 19.5 Å². The Hall–Kier alpha value is -2.19. The van der Waals surface area contributed by atoms with Crippen LogP contribution in [0.4, 0.5) is 5.13 Å². The van der Waals surface area contributed by atoms with Gasteiger partial charge in [-0.15, -0.1) is 0 Å². The molecule has 0 aliphatic carbocycles. The Kier molecular flexibility index (Phi) is 6.33. The molecular weight excluding hydrogens is 408 g/mol. The molecule has 0 fully saturated rings. The van der Waals surface area contributed by atoms with Crippen molar-refractivity contribution in [2.45, 2.75) is 13.8 Å². The van der Waals surface area contributed by atoms with E-state index in [2.05, 4.69) is 26.2 Å². The second-order valence-electron chi connectivity index (χ2n) is 5.05. The zero-order valence-corrected chi connectivity index (χ0v) is 16.6. The van der Waals surface area contributed by atoms with Crippen molar-refractivity contribution in [3.05, 3.63) is 38.8 Å². The second-order valence-corrected chi connectivity index (χ2v) is 6.90. The van der Waals surface area contributed by atoms with Gasteiger partial charge in [-0.1, -0.05) is 11.3 Å². The van der Waals surface area contributed by atoms with Crippen LogP contribution < -0.4 is 14.8 Å². The van der Waals surface area contributed by atoms with Gasteiger partial charge >= 0.3 is 0 Å². The number of ether oxygens (including phenoxy) is 2. The topological polar surface area (TPSA) is 77.5 Å². The van der Waals surface area contributed by atoms with E-state index in [0.29, 0.717) is 27.2 Å². The van der Waals surface area contributed by atoms with E-state index >= 15 is 0 Å². The molecule has 1 heterocycles. The molecule has 1 aromatic heterocycles. The van der Waals surface area contributed by atoms with Crippen LogP contribution in [-0.4, -0.2) is 30.9 Å². The van der Waals surface area contributed by atoms with Gasteiger partial charge in [0.25, 0.3) is 0 Å². The van der Waals surface area contributed by atoms with E-state index in [-0.39, 0.29) is 11.7 Å². The number of methoxy groups -OCH3 is 2. The summed E-state index contributed by atoms with van der Waals surface area (Å²) in [6.45, 7) is 3.21. The van der Waals surface area contributed by atoms with Crippen molar-refractivity contribution in [2.24, 2.45) is 0 Å². The zero-order valence-electron chi connectivity index (χ0n) is 14.2. The number of nitrogens with one attached hydrogen (secondary N) is 1. The number of halogens is 1. The monoisotopic (exact) mass is 424 g/mol. The van der Waals surface area contributed by atoms with Crippen LogP contribution in [0.2, 0.25) is 0 Å². The maximum Gasteiger partial charge on any atom is 0.250 e. The zero-order chi connectivity index (χ0) is 18.6. The summed E-state index contributed by atoms with van der Waals surface area (Å²) in [5.74, 6) is 0.730. The van der Waals surface area contributed by atoms with Gasteiger partial charge in [-0.2, -0.15) is 0 Å². The largest absolute Gasteiger partial charge is 0.493 e. The Morgan fingerprint density at radius 1 is 1.28 bits per heavy atom. The highest BCUT2D eigenvalue weighted by Crippen LogP contribution is 2.36. The lowest BCUT2D eigenvalue weighted by atomic mass is 10.2. The minimum absolute atomic E-state index is 0.0683. The maximum atomic E-state index is 12.1. The van der Waals surface area contributed by atoms with E-state index in [1.807, 2.05) is 6.07 Å². The molecule has 0 aliphatic heterocycles. The van der Waals surface area contributed by atoms with E-state index in [9.17, 15) is 9.59 Å². The highest BCUT2D eigenvalue weighted by Gasteiger charge is 2.13. The maximum absolute atomic E-state index is 12.1. The summed E-state index contributed by atoms with van der Waals surface area (Å²) in [5, 5.41) is 3.05. The predicted molar refractivity (Wildman–Crippen MR) is 102 cm³/mol. The first-order valence-electron chi connectivity index (χ1n) is 7.24. The molecule has 0 unspecified atom stereocenters. The van der Waals surface area contributed by atoms with E-state index in [0.717, 1.165) is 21.4 Å². The van der Waals surface area contributed by atoms with Gasteiger partial charge in [0.2, 0.25) is 5.91 Å². The molecule has 8 heteroatoms. The molecule has 2 aromatic rings. The molecule has 0 saturated carbocycles. The summed E-state index contributed by atoms with van der Waals surface area (Å²) < 4.78 is 11.2. The highest BCUT2D eigenvalue weighted by atomic mass is 79.9. The van der Waals surface area contributed by atoms with Crippen molar-refractivity contribution in [3.8, 4) is 11.5 Å². The number of carbonyl (C=O) groups is 2. The molecule has 2 rings (SSSR count). The number of hydrogen-bond acceptors (Lipinski definition) is 6. The molecule has 0 bridgehead atoms. The van der Waals surface area contributed by atoms with Crippen LogP contribution in [0.1, 0.15) is 27.9 Å². The van der Waals surface area contributed by atoms with E-state index in [1.165, 1.54) is 13.0 Å². The minimum atomic E-state index is -0.338. The third-order valence-corrected chi connectivity index (χ3v) is 4.99. The van der Waals surface area contributed by atoms with Gasteiger partial charge in [0.05, 0.1) is 29.3 Å². The summed E-state index contributed by atoms with van der Waals surface area (Å²) >= 11 is 4.56. The number of nitrogens with zero attached hydrogens (tertiary/aromatic N) is 1. The molecule has 0 atom stereocenters. The lowest BCUT2D eigenvalue weighted by molar-refractivity contribution is -0.111.